The number of carbonyl (C=O) groups excluding carboxylic acids is 1. The molecule has 5 nitrogen and oxygen atoms in total. The van der Waals surface area contributed by atoms with Crippen LogP contribution < -0.4 is 5.73 Å². The lowest BCUT2D eigenvalue weighted by Gasteiger charge is -2.24. The number of para-hydroxylation sites is 1. The summed E-state index contributed by atoms with van der Waals surface area (Å²) in [6.45, 7) is 0. The van der Waals surface area contributed by atoms with Gasteiger partial charge in [-0.25, -0.2) is 4.79 Å². The minimum absolute atomic E-state index is 0.220. The number of rotatable bonds is 2. The molecule has 5 heteroatoms. The molecule has 20 heavy (non-hydrogen) atoms. The minimum atomic E-state index is -0.270. The van der Waals surface area contributed by atoms with E-state index in [0.717, 1.165) is 29.3 Å². The van der Waals surface area contributed by atoms with Crippen molar-refractivity contribution in [3.63, 3.8) is 0 Å². The van der Waals surface area contributed by atoms with Crippen molar-refractivity contribution >= 4 is 22.8 Å². The van der Waals surface area contributed by atoms with Crippen molar-refractivity contribution in [2.45, 2.75) is 24.9 Å². The summed E-state index contributed by atoms with van der Waals surface area (Å²) in [6, 6.07) is 9.67. The number of amides is 2. The van der Waals surface area contributed by atoms with Gasteiger partial charge in [0.25, 0.3) is 0 Å². The molecule has 2 aliphatic rings. The van der Waals surface area contributed by atoms with Crippen LogP contribution in [0.25, 0.3) is 10.9 Å². The molecule has 100 valence electrons. The Kier molecular flexibility index (Phi) is 2.30. The van der Waals surface area contributed by atoms with Gasteiger partial charge in [-0.15, -0.1) is 0 Å². The van der Waals surface area contributed by atoms with Crippen LogP contribution in [0.15, 0.2) is 41.5 Å². The first-order valence-corrected chi connectivity index (χ1v) is 6.76. The van der Waals surface area contributed by atoms with Crippen molar-refractivity contribution in [1.29, 1.82) is 0 Å². The summed E-state index contributed by atoms with van der Waals surface area (Å²) in [5, 5.41) is 1.05. The van der Waals surface area contributed by atoms with E-state index in [2.05, 4.69) is 9.98 Å². The van der Waals surface area contributed by atoms with Crippen molar-refractivity contribution in [2.24, 2.45) is 10.7 Å². The number of nitrogens with two attached hydrogens (primary N) is 1. The number of aromatic nitrogens is 1. The molecule has 0 saturated heterocycles. The van der Waals surface area contributed by atoms with Crippen LogP contribution in [0.2, 0.25) is 0 Å². The van der Waals surface area contributed by atoms with Crippen LogP contribution in [0.3, 0.4) is 0 Å². The van der Waals surface area contributed by atoms with E-state index >= 15 is 0 Å². The van der Waals surface area contributed by atoms with Gasteiger partial charge >= 0.3 is 6.03 Å². The van der Waals surface area contributed by atoms with Gasteiger partial charge in [-0.1, -0.05) is 24.3 Å². The number of aliphatic imine (C=N–C) groups is 1. The van der Waals surface area contributed by atoms with Gasteiger partial charge in [-0.2, -0.15) is 4.99 Å². The second-order valence-electron chi connectivity index (χ2n) is 5.28. The summed E-state index contributed by atoms with van der Waals surface area (Å²) in [5.74, 6) is 0.375. The Morgan fingerprint density at radius 1 is 1.20 bits per heavy atom. The highest BCUT2D eigenvalue weighted by atomic mass is 16.2. The molecule has 4 rings (SSSR count). The highest BCUT2D eigenvalue weighted by Crippen LogP contribution is 2.39. The molecule has 1 fully saturated rings. The number of hydrogen-bond acceptors (Lipinski definition) is 3. The van der Waals surface area contributed by atoms with Gasteiger partial charge in [0.1, 0.15) is 11.9 Å². The third-order valence-electron chi connectivity index (χ3n) is 3.90. The number of fused-ring (bicyclic) bond motifs is 1. The molecule has 1 atom stereocenters. The summed E-state index contributed by atoms with van der Waals surface area (Å²) < 4.78 is 0. The average molecular weight is 266 g/mol. The van der Waals surface area contributed by atoms with Crippen LogP contribution in [0.4, 0.5) is 4.79 Å². The van der Waals surface area contributed by atoms with Crippen molar-refractivity contribution in [3.05, 3.63) is 42.1 Å². The Bertz CT molecular complexity index is 730. The van der Waals surface area contributed by atoms with Crippen LogP contribution in [-0.4, -0.2) is 27.8 Å². The van der Waals surface area contributed by atoms with Gasteiger partial charge in [0.2, 0.25) is 0 Å². The highest BCUT2D eigenvalue weighted by Gasteiger charge is 2.44. The van der Waals surface area contributed by atoms with Crippen molar-refractivity contribution in [2.75, 3.05) is 0 Å². The van der Waals surface area contributed by atoms with Gasteiger partial charge in [0, 0.05) is 23.2 Å². The Balaban J connectivity index is 1.89. The van der Waals surface area contributed by atoms with E-state index in [-0.39, 0.29) is 18.1 Å². The first-order valence-electron chi connectivity index (χ1n) is 6.76. The lowest BCUT2D eigenvalue weighted by atomic mass is 10.0. The first-order chi connectivity index (χ1) is 9.75. The summed E-state index contributed by atoms with van der Waals surface area (Å²) in [4.78, 5) is 22.2. The molecule has 2 aromatic rings. The van der Waals surface area contributed by atoms with Gasteiger partial charge in [-0.3, -0.25) is 4.98 Å². The second-order valence-corrected chi connectivity index (χ2v) is 5.28. The Morgan fingerprint density at radius 3 is 2.80 bits per heavy atom. The largest absolute Gasteiger partial charge is 0.385 e. The number of carbonyl (C=O) groups is 1. The van der Waals surface area contributed by atoms with Crippen molar-refractivity contribution in [1.82, 2.24) is 9.88 Å². The lowest BCUT2D eigenvalue weighted by Crippen LogP contribution is -2.35. The standard InChI is InChI=1S/C15H14N4O/c16-14-13(19(10-6-7-10)15(20)18-14)11-5-1-3-9-4-2-8-17-12(9)11/h1-5,8,10,13H,6-7H2,(H2,16,18,20). The SMILES string of the molecule is NC1=NC(=O)N(C2CC2)C1c1cccc2cccnc12. The summed E-state index contributed by atoms with van der Waals surface area (Å²) in [7, 11) is 0. The maximum atomic E-state index is 12.0. The van der Waals surface area contributed by atoms with E-state index in [1.54, 1.807) is 11.1 Å². The number of pyridine rings is 1. The molecule has 1 aliphatic carbocycles. The molecule has 0 radical (unpaired) electrons. The van der Waals surface area contributed by atoms with E-state index in [1.165, 1.54) is 0 Å². The summed E-state index contributed by atoms with van der Waals surface area (Å²) >= 11 is 0. The van der Waals surface area contributed by atoms with Crippen LogP contribution in [0.1, 0.15) is 24.4 Å². The van der Waals surface area contributed by atoms with Crippen LogP contribution in [-0.2, 0) is 0 Å². The fourth-order valence-electron chi connectivity index (χ4n) is 2.86. The van der Waals surface area contributed by atoms with Crippen molar-refractivity contribution in [3.8, 4) is 0 Å². The normalized spacial score (nSPS) is 22.4. The molecular formula is C15H14N4O. The van der Waals surface area contributed by atoms with E-state index in [0.29, 0.717) is 5.84 Å². The van der Waals surface area contributed by atoms with E-state index in [4.69, 9.17) is 5.73 Å². The van der Waals surface area contributed by atoms with E-state index < -0.39 is 0 Å². The predicted molar refractivity (Wildman–Crippen MR) is 76.4 cm³/mol. The van der Waals surface area contributed by atoms with E-state index in [9.17, 15) is 4.79 Å². The van der Waals surface area contributed by atoms with Gasteiger partial charge in [0.15, 0.2) is 0 Å². The molecule has 0 bridgehead atoms. The molecular weight excluding hydrogens is 252 g/mol. The van der Waals surface area contributed by atoms with Gasteiger partial charge in [0.05, 0.1) is 5.52 Å². The zero-order chi connectivity index (χ0) is 13.7. The topological polar surface area (TPSA) is 71.6 Å². The van der Waals surface area contributed by atoms with E-state index in [1.807, 2.05) is 30.3 Å². The predicted octanol–water partition coefficient (Wildman–Crippen LogP) is 2.23. The Hall–Kier alpha value is -2.43. The molecule has 0 spiro atoms. The third-order valence-corrected chi connectivity index (χ3v) is 3.90. The average Bonchev–Trinajstić information content (AvgIpc) is 3.24. The fourth-order valence-corrected chi connectivity index (χ4v) is 2.86. The molecule has 1 unspecified atom stereocenters. The quantitative estimate of drug-likeness (QED) is 0.906. The monoisotopic (exact) mass is 266 g/mol. The second kappa shape index (κ2) is 4.03. The van der Waals surface area contributed by atoms with Crippen molar-refractivity contribution < 1.29 is 4.79 Å². The van der Waals surface area contributed by atoms with Crippen LogP contribution >= 0.6 is 0 Å². The minimum Gasteiger partial charge on any atom is -0.385 e. The number of urea groups is 1. The first kappa shape index (κ1) is 11.4. The molecule has 2 N–H and O–H groups in total. The maximum absolute atomic E-state index is 12.0. The number of hydrogen-bond donors (Lipinski definition) is 1. The number of nitrogens with zero attached hydrogens (tertiary/aromatic N) is 3. The number of benzene rings is 1. The van der Waals surface area contributed by atoms with Crippen LogP contribution in [0, 0.1) is 0 Å². The molecule has 1 aromatic carbocycles. The molecule has 1 aromatic heterocycles. The molecule has 1 saturated carbocycles. The number of amidine groups is 1. The van der Waals surface area contributed by atoms with Crippen LogP contribution in [0.5, 0.6) is 0 Å². The Labute approximate surface area is 116 Å². The zero-order valence-electron chi connectivity index (χ0n) is 10.9. The smallest absolute Gasteiger partial charge is 0.346 e. The summed E-state index contributed by atoms with van der Waals surface area (Å²) in [5.41, 5.74) is 7.86. The Morgan fingerprint density at radius 2 is 2.00 bits per heavy atom. The molecule has 1 aliphatic heterocycles. The zero-order valence-corrected chi connectivity index (χ0v) is 10.9. The molecule has 2 amide bonds. The third kappa shape index (κ3) is 1.59. The van der Waals surface area contributed by atoms with Gasteiger partial charge < -0.3 is 10.6 Å². The highest BCUT2D eigenvalue weighted by molar-refractivity contribution is 6.05. The molecule has 2 heterocycles. The van der Waals surface area contributed by atoms with Gasteiger partial charge in [-0.05, 0) is 18.9 Å². The fraction of sp³-hybridized carbons (Fsp3) is 0.267. The summed E-state index contributed by atoms with van der Waals surface area (Å²) in [6.07, 6.45) is 3.82. The lowest BCUT2D eigenvalue weighted by molar-refractivity contribution is 0.203. The maximum Gasteiger partial charge on any atom is 0.346 e.